The van der Waals surface area contributed by atoms with Crippen LogP contribution in [0.3, 0.4) is 0 Å². The third-order valence-corrected chi connectivity index (χ3v) is 1.05. The van der Waals surface area contributed by atoms with Crippen molar-refractivity contribution in [1.82, 2.24) is 0 Å². The number of rotatable bonds is 0. The third-order valence-electron chi connectivity index (χ3n) is 0.756. The summed E-state index contributed by atoms with van der Waals surface area (Å²) >= 11 is 5.49. The Morgan fingerprint density at radius 3 is 1.91 bits per heavy atom. The molecule has 2 nitrogen and oxygen atoms in total. The van der Waals surface area contributed by atoms with Gasteiger partial charge in [0.1, 0.15) is 0 Å². The van der Waals surface area contributed by atoms with Gasteiger partial charge in [-0.25, -0.2) is 0 Å². The van der Waals surface area contributed by atoms with Crippen LogP contribution >= 0.6 is 12.6 Å². The van der Waals surface area contributed by atoms with E-state index >= 15 is 0 Å². The molecule has 0 saturated carbocycles. The first-order valence-corrected chi connectivity index (χ1v) is 4.24. The predicted octanol–water partition coefficient (Wildman–Crippen LogP) is 2.19. The molecular weight excluding hydrogens is 345 g/mol. The molecule has 0 bridgehead atoms. The second kappa shape index (κ2) is 6.49. The van der Waals surface area contributed by atoms with E-state index in [1.165, 1.54) is 21.1 Å². The number of thiol groups is 1. The summed E-state index contributed by atoms with van der Waals surface area (Å²) in [6.07, 6.45) is 0. The molecule has 0 aromatic heterocycles. The molecule has 11 heavy (non-hydrogen) atoms. The van der Waals surface area contributed by atoms with Crippen molar-refractivity contribution >= 4 is 16.8 Å². The number of carboxylic acid groups (broad SMARTS) is 1. The van der Waals surface area contributed by atoms with Gasteiger partial charge in [0.05, 0.1) is 0 Å². The fourth-order valence-corrected chi connectivity index (χ4v) is 0.600. The van der Waals surface area contributed by atoms with Gasteiger partial charge in [0.15, 0.2) is 0 Å². The molecule has 0 amide bonds. The Hall–Kier alpha value is -0.220. The fourth-order valence-electron chi connectivity index (χ4n) is 0.428. The van der Waals surface area contributed by atoms with Crippen LogP contribution in [-0.2, 0) is 21.1 Å². The Morgan fingerprint density at radius 2 is 1.73 bits per heavy atom. The molecule has 1 aromatic carbocycles. The minimum atomic E-state index is -0.889. The molecule has 0 aliphatic carbocycles. The Balaban J connectivity index is 0.000000218. The quantitative estimate of drug-likeness (QED) is 0.555. The Labute approximate surface area is 82.9 Å². The molecule has 4 heteroatoms. The Kier molecular flexibility index (Phi) is 6.36. The molecule has 0 radical (unpaired) electrons. The molecule has 0 aliphatic heterocycles. The second-order valence-electron chi connectivity index (χ2n) is 1.56. The number of carbonyl (C=O) groups is 1. The Morgan fingerprint density at radius 1 is 1.36 bits per heavy atom. The topological polar surface area (TPSA) is 37.3 Å². The largest absolute Gasteiger partial charge is 0.143 e. The van der Waals surface area contributed by atoms with Gasteiger partial charge in [-0.2, -0.15) is 0 Å². The van der Waals surface area contributed by atoms with Gasteiger partial charge in [-0.15, -0.1) is 12.6 Å². The van der Waals surface area contributed by atoms with Crippen LogP contribution in [0.25, 0.3) is 0 Å². The summed E-state index contributed by atoms with van der Waals surface area (Å²) in [6, 6.07) is 9.79. The Bertz CT molecular complexity index is 209. The van der Waals surface area contributed by atoms with E-state index in [0.717, 1.165) is 4.90 Å². The first-order chi connectivity index (χ1) is 5.13. The van der Waals surface area contributed by atoms with Crippen LogP contribution < -0.4 is 0 Å². The molecule has 64 valence electrons. The van der Waals surface area contributed by atoms with E-state index in [1.54, 1.807) is 0 Å². The van der Waals surface area contributed by atoms with E-state index in [4.69, 9.17) is 9.90 Å². The first-order valence-electron chi connectivity index (χ1n) is 2.71. The molecule has 0 saturated heterocycles. The van der Waals surface area contributed by atoms with Crippen LogP contribution in [0.15, 0.2) is 35.2 Å². The SMILES string of the molecule is O=[C](O)[Au].Sc1ccccc1. The summed E-state index contributed by atoms with van der Waals surface area (Å²) in [6.45, 7) is 0. The molecule has 0 fully saturated rings. The van der Waals surface area contributed by atoms with E-state index in [2.05, 4.69) is 12.6 Å². The monoisotopic (exact) mass is 352 g/mol. The van der Waals surface area contributed by atoms with Gasteiger partial charge in [-0.05, 0) is 12.1 Å². The van der Waals surface area contributed by atoms with Crippen molar-refractivity contribution in [3.05, 3.63) is 30.3 Å². The smallest absolute Gasteiger partial charge is 0.00399 e. The zero-order valence-electron chi connectivity index (χ0n) is 5.49. The summed E-state index contributed by atoms with van der Waals surface area (Å²) in [7, 11) is 0. The molecule has 1 aromatic rings. The van der Waals surface area contributed by atoms with Gasteiger partial charge in [-0.3, -0.25) is 0 Å². The predicted molar refractivity (Wildman–Crippen MR) is 41.7 cm³/mol. The minimum absolute atomic E-state index is 0.889. The van der Waals surface area contributed by atoms with Crippen molar-refractivity contribution in [1.29, 1.82) is 0 Å². The average Bonchev–Trinajstić information content (AvgIpc) is 1.87. The van der Waals surface area contributed by atoms with Gasteiger partial charge >= 0.3 is 35.2 Å². The van der Waals surface area contributed by atoms with Crippen LogP contribution in [0.4, 0.5) is 4.79 Å². The van der Waals surface area contributed by atoms with E-state index in [-0.39, 0.29) is 0 Å². The van der Waals surface area contributed by atoms with Crippen LogP contribution in [-0.4, -0.2) is 9.29 Å². The third kappa shape index (κ3) is 9.78. The summed E-state index contributed by atoms with van der Waals surface area (Å²) < 4.78 is -0.889. The van der Waals surface area contributed by atoms with E-state index in [9.17, 15) is 0 Å². The van der Waals surface area contributed by atoms with Crippen LogP contribution in [0.1, 0.15) is 0 Å². The van der Waals surface area contributed by atoms with Crippen LogP contribution in [0.5, 0.6) is 0 Å². The van der Waals surface area contributed by atoms with E-state index in [1.807, 2.05) is 30.3 Å². The molecule has 1 rings (SSSR count). The van der Waals surface area contributed by atoms with Gasteiger partial charge in [0.25, 0.3) is 0 Å². The zero-order chi connectivity index (χ0) is 8.69. The van der Waals surface area contributed by atoms with Gasteiger partial charge in [0, 0.05) is 4.90 Å². The number of hydrogen-bond acceptors (Lipinski definition) is 2. The molecule has 1 N–H and O–H groups in total. The van der Waals surface area contributed by atoms with Crippen molar-refractivity contribution in [2.75, 3.05) is 0 Å². The standard InChI is InChI=1S/C6H6S.CHO2.Au/c7-6-4-2-1-3-5-6;2-1-3;/h1-5,7H;(H,2,3);. The van der Waals surface area contributed by atoms with Gasteiger partial charge in [0.2, 0.25) is 0 Å². The van der Waals surface area contributed by atoms with Crippen molar-refractivity contribution < 1.29 is 31.0 Å². The molecule has 0 spiro atoms. The van der Waals surface area contributed by atoms with Crippen molar-refractivity contribution in [2.24, 2.45) is 0 Å². The second-order valence-corrected chi connectivity index (χ2v) is 3.00. The summed E-state index contributed by atoms with van der Waals surface area (Å²) in [5, 5.41) is 7.39. The first kappa shape index (κ1) is 10.8. The minimum Gasteiger partial charge on any atom is -0.143 e. The molecule has 0 aliphatic rings. The van der Waals surface area contributed by atoms with Crippen molar-refractivity contribution in [3.63, 3.8) is 0 Å². The summed E-state index contributed by atoms with van der Waals surface area (Å²) in [5.74, 6) is 0. The molecule has 0 unspecified atom stereocenters. The van der Waals surface area contributed by atoms with Crippen LogP contribution in [0.2, 0.25) is 0 Å². The average molecular weight is 352 g/mol. The summed E-state index contributed by atoms with van der Waals surface area (Å²) in [4.78, 5) is 9.99. The molecule has 0 heterocycles. The van der Waals surface area contributed by atoms with Crippen LogP contribution in [0, 0.1) is 0 Å². The zero-order valence-corrected chi connectivity index (χ0v) is 8.55. The number of benzene rings is 1. The number of hydrogen-bond donors (Lipinski definition) is 2. The van der Waals surface area contributed by atoms with Crippen molar-refractivity contribution in [2.45, 2.75) is 4.90 Å². The maximum atomic E-state index is 8.98. The maximum absolute atomic E-state index is 8.98. The van der Waals surface area contributed by atoms with Gasteiger partial charge < -0.3 is 0 Å². The fraction of sp³-hybridized carbons (Fsp3) is 0. The van der Waals surface area contributed by atoms with E-state index in [0.29, 0.717) is 0 Å². The summed E-state index contributed by atoms with van der Waals surface area (Å²) in [5.41, 5.74) is 0. The molecule has 0 atom stereocenters. The molecular formula is C7H7AuO2S. The van der Waals surface area contributed by atoms with Crippen molar-refractivity contribution in [3.8, 4) is 0 Å². The normalized spacial score (nSPS) is 7.91. The van der Waals surface area contributed by atoms with Gasteiger partial charge in [-0.1, -0.05) is 18.2 Å². The maximum Gasteiger partial charge on any atom is 0.00399 e. The van der Waals surface area contributed by atoms with E-state index < -0.39 is 4.19 Å².